The van der Waals surface area contributed by atoms with E-state index in [-0.39, 0.29) is 17.0 Å². The Kier molecular flexibility index (Phi) is 10.4. The standard InChI is InChI=1S/C31H34OP.BrH/c1-2-3-4-14-25-32-28-23-21-27(22-24-28)26-33(29-15-8-5-9-16-29,30-17-10-6-11-18-30)31-19-12-7-13-20-31;/h5-13,15-24H,2-4,14,25-26H2,1H3;1H/q+1;/p-1. The molecule has 0 bridgehead atoms. The average Bonchev–Trinajstić information content (AvgIpc) is 2.89. The van der Waals surface area contributed by atoms with Crippen LogP contribution in [-0.4, -0.2) is 6.61 Å². The van der Waals surface area contributed by atoms with Gasteiger partial charge in [-0.05, 0) is 60.5 Å². The highest BCUT2D eigenvalue weighted by molar-refractivity contribution is 7.95. The van der Waals surface area contributed by atoms with Gasteiger partial charge in [-0.2, -0.15) is 0 Å². The van der Waals surface area contributed by atoms with Crippen molar-refractivity contribution in [2.45, 2.75) is 38.8 Å². The van der Waals surface area contributed by atoms with Gasteiger partial charge in [-0.1, -0.05) is 92.9 Å². The highest BCUT2D eigenvalue weighted by Gasteiger charge is 2.45. The summed E-state index contributed by atoms with van der Waals surface area (Å²) in [5, 5.41) is 4.25. The molecule has 3 heteroatoms. The number of unbranched alkanes of at least 4 members (excludes halogenated alkanes) is 3. The third-order valence-electron chi connectivity index (χ3n) is 6.20. The molecule has 0 radical (unpaired) electrons. The van der Waals surface area contributed by atoms with Crippen molar-refractivity contribution < 1.29 is 21.7 Å². The monoisotopic (exact) mass is 532 g/mol. The summed E-state index contributed by atoms with van der Waals surface area (Å²) in [7, 11) is -1.86. The van der Waals surface area contributed by atoms with Crippen LogP contribution in [-0.2, 0) is 6.16 Å². The number of ether oxygens (including phenoxy) is 1. The van der Waals surface area contributed by atoms with Gasteiger partial charge < -0.3 is 21.7 Å². The second-order valence-corrected chi connectivity index (χ2v) is 12.0. The van der Waals surface area contributed by atoms with Crippen LogP contribution in [0, 0.1) is 0 Å². The van der Waals surface area contributed by atoms with E-state index in [1.165, 1.54) is 40.7 Å². The van der Waals surface area contributed by atoms with Gasteiger partial charge in [0.2, 0.25) is 0 Å². The fourth-order valence-electron chi connectivity index (χ4n) is 4.45. The van der Waals surface area contributed by atoms with Crippen molar-refractivity contribution in [3.8, 4) is 5.75 Å². The Balaban J connectivity index is 0.00000324. The van der Waals surface area contributed by atoms with Crippen molar-refractivity contribution in [1.82, 2.24) is 0 Å². The summed E-state index contributed by atoms with van der Waals surface area (Å²) in [5.74, 6) is 0.971. The van der Waals surface area contributed by atoms with Crippen LogP contribution in [0.25, 0.3) is 0 Å². The third kappa shape index (κ3) is 6.38. The second kappa shape index (κ2) is 13.5. The summed E-state index contributed by atoms with van der Waals surface area (Å²) in [6.45, 7) is 3.04. The second-order valence-electron chi connectivity index (χ2n) is 8.53. The Labute approximate surface area is 216 Å². The lowest BCUT2D eigenvalue weighted by Gasteiger charge is -2.28. The zero-order valence-electron chi connectivity index (χ0n) is 19.9. The number of halogens is 1. The molecule has 0 aromatic heterocycles. The van der Waals surface area contributed by atoms with E-state index in [4.69, 9.17) is 4.74 Å². The maximum atomic E-state index is 6.00. The molecule has 0 atom stereocenters. The first-order valence-corrected chi connectivity index (χ1v) is 14.1. The molecule has 0 aliphatic carbocycles. The molecule has 0 N–H and O–H groups in total. The van der Waals surface area contributed by atoms with Crippen LogP contribution >= 0.6 is 7.26 Å². The lowest BCUT2D eigenvalue weighted by atomic mass is 10.2. The third-order valence-corrected chi connectivity index (χ3v) is 10.6. The lowest BCUT2D eigenvalue weighted by Crippen LogP contribution is -3.00. The van der Waals surface area contributed by atoms with Gasteiger partial charge in [0, 0.05) is 0 Å². The van der Waals surface area contributed by atoms with Crippen LogP contribution in [0.3, 0.4) is 0 Å². The smallest absolute Gasteiger partial charge is 0.119 e. The molecule has 0 saturated heterocycles. The SMILES string of the molecule is CCCCCCOc1ccc(C[P+](c2ccccc2)(c2ccccc2)c2ccccc2)cc1.[Br-]. The average molecular weight is 533 g/mol. The molecular formula is C31H34BrOP. The Hall–Kier alpha value is -2.41. The fourth-order valence-corrected chi connectivity index (χ4v) is 8.70. The molecule has 0 unspecified atom stereocenters. The van der Waals surface area contributed by atoms with Crippen molar-refractivity contribution in [2.24, 2.45) is 0 Å². The maximum Gasteiger partial charge on any atom is 0.119 e. The predicted octanol–water partition coefficient (Wildman–Crippen LogP) is 4.14. The Morgan fingerprint density at radius 2 is 1.03 bits per heavy atom. The minimum absolute atomic E-state index is 0. The molecule has 0 aliphatic heterocycles. The van der Waals surface area contributed by atoms with Crippen LogP contribution in [0.2, 0.25) is 0 Å². The first kappa shape index (κ1) is 26.2. The molecule has 1 nitrogen and oxygen atoms in total. The minimum Gasteiger partial charge on any atom is -1.00 e. The van der Waals surface area contributed by atoms with Crippen molar-refractivity contribution in [2.75, 3.05) is 6.61 Å². The van der Waals surface area contributed by atoms with Crippen LogP contribution in [0.15, 0.2) is 115 Å². The van der Waals surface area contributed by atoms with E-state index in [9.17, 15) is 0 Å². The Bertz CT molecular complexity index is 986. The molecule has 4 aromatic rings. The summed E-state index contributed by atoms with van der Waals surface area (Å²) in [4.78, 5) is 0. The van der Waals surface area contributed by atoms with Gasteiger partial charge in [-0.25, -0.2) is 0 Å². The van der Waals surface area contributed by atoms with E-state index in [0.29, 0.717) is 0 Å². The van der Waals surface area contributed by atoms with E-state index in [0.717, 1.165) is 24.9 Å². The lowest BCUT2D eigenvalue weighted by molar-refractivity contribution is -0.00000707. The van der Waals surface area contributed by atoms with Gasteiger partial charge in [-0.15, -0.1) is 0 Å². The Morgan fingerprint density at radius 3 is 1.47 bits per heavy atom. The van der Waals surface area contributed by atoms with Gasteiger partial charge in [0.25, 0.3) is 0 Å². The van der Waals surface area contributed by atoms with Crippen LogP contribution < -0.4 is 37.6 Å². The molecular weight excluding hydrogens is 499 g/mol. The van der Waals surface area contributed by atoms with E-state index in [1.807, 2.05) is 0 Å². The fraction of sp³-hybridized carbons (Fsp3) is 0.226. The highest BCUT2D eigenvalue weighted by atomic mass is 79.9. The molecule has 0 fully saturated rings. The van der Waals surface area contributed by atoms with Crippen LogP contribution in [0.1, 0.15) is 38.2 Å². The van der Waals surface area contributed by atoms with Crippen LogP contribution in [0.5, 0.6) is 5.75 Å². The molecule has 0 spiro atoms. The summed E-state index contributed by atoms with van der Waals surface area (Å²) in [6, 6.07) is 42.0. The highest BCUT2D eigenvalue weighted by Crippen LogP contribution is 2.58. The molecule has 0 saturated carbocycles. The summed E-state index contributed by atoms with van der Waals surface area (Å²) in [5.41, 5.74) is 1.35. The predicted molar refractivity (Wildman–Crippen MR) is 145 cm³/mol. The number of benzene rings is 4. The van der Waals surface area contributed by atoms with Gasteiger partial charge in [0.1, 0.15) is 28.9 Å². The molecule has 0 amide bonds. The van der Waals surface area contributed by atoms with E-state index >= 15 is 0 Å². The number of rotatable bonds is 11. The molecule has 34 heavy (non-hydrogen) atoms. The zero-order chi connectivity index (χ0) is 22.8. The minimum atomic E-state index is -1.86. The van der Waals surface area contributed by atoms with Crippen molar-refractivity contribution in [3.05, 3.63) is 121 Å². The van der Waals surface area contributed by atoms with Gasteiger partial charge >= 0.3 is 0 Å². The quantitative estimate of drug-likeness (QED) is 0.208. The van der Waals surface area contributed by atoms with E-state index in [1.54, 1.807) is 0 Å². The molecule has 0 heterocycles. The summed E-state index contributed by atoms with van der Waals surface area (Å²) < 4.78 is 6.00. The first-order valence-electron chi connectivity index (χ1n) is 12.1. The summed E-state index contributed by atoms with van der Waals surface area (Å²) >= 11 is 0. The molecule has 0 aliphatic rings. The normalized spacial score (nSPS) is 11.0. The molecule has 4 aromatic carbocycles. The number of hydrogen-bond donors (Lipinski definition) is 0. The van der Waals surface area contributed by atoms with Crippen molar-refractivity contribution >= 4 is 23.2 Å². The zero-order valence-corrected chi connectivity index (χ0v) is 22.4. The molecule has 176 valence electrons. The summed E-state index contributed by atoms with van der Waals surface area (Å²) in [6.07, 6.45) is 5.89. The van der Waals surface area contributed by atoms with E-state index < -0.39 is 7.26 Å². The van der Waals surface area contributed by atoms with Crippen molar-refractivity contribution in [1.29, 1.82) is 0 Å². The Morgan fingerprint density at radius 1 is 0.559 bits per heavy atom. The van der Waals surface area contributed by atoms with E-state index in [2.05, 4.69) is 122 Å². The van der Waals surface area contributed by atoms with Gasteiger partial charge in [-0.3, -0.25) is 0 Å². The van der Waals surface area contributed by atoms with Crippen molar-refractivity contribution in [3.63, 3.8) is 0 Å². The number of hydrogen-bond acceptors (Lipinski definition) is 1. The van der Waals surface area contributed by atoms with Gasteiger partial charge in [0.15, 0.2) is 0 Å². The largest absolute Gasteiger partial charge is 1.00 e. The van der Waals surface area contributed by atoms with Gasteiger partial charge in [0.05, 0.1) is 12.8 Å². The van der Waals surface area contributed by atoms with Crippen LogP contribution in [0.4, 0.5) is 0 Å². The maximum absolute atomic E-state index is 6.00. The molecule has 4 rings (SSSR count). The first-order chi connectivity index (χ1) is 16.3. The topological polar surface area (TPSA) is 9.23 Å².